The quantitative estimate of drug-likeness (QED) is 0.327. The van der Waals surface area contributed by atoms with Gasteiger partial charge in [0.1, 0.15) is 17.4 Å². The average Bonchev–Trinajstić information content (AvgIpc) is 2.70. The third-order valence-electron chi connectivity index (χ3n) is 4.15. The van der Waals surface area contributed by atoms with E-state index in [1.165, 1.54) is 7.11 Å². The Kier molecular flexibility index (Phi) is 9.33. The fourth-order valence-corrected chi connectivity index (χ4v) is 2.62. The zero-order chi connectivity index (χ0) is 21.1. The molecular weight excluding hydrogens is 384 g/mol. The van der Waals surface area contributed by atoms with Crippen LogP contribution in [-0.2, 0) is 16.1 Å². The first-order valence-electron chi connectivity index (χ1n) is 8.97. The first kappa shape index (κ1) is 22.6. The van der Waals surface area contributed by atoms with Crippen LogP contribution in [0.4, 0.5) is 8.78 Å². The van der Waals surface area contributed by atoms with Crippen LogP contribution in [0.25, 0.3) is 10.4 Å². The number of azide groups is 1. The van der Waals surface area contributed by atoms with Crippen LogP contribution in [0.15, 0.2) is 53.6 Å². The van der Waals surface area contributed by atoms with Gasteiger partial charge in [-0.1, -0.05) is 35.4 Å². The summed E-state index contributed by atoms with van der Waals surface area (Å²) in [6.45, 7) is 0.363. The summed E-state index contributed by atoms with van der Waals surface area (Å²) in [5, 5.41) is 13.9. The summed E-state index contributed by atoms with van der Waals surface area (Å²) < 4.78 is 42.7. The second-order valence-electron chi connectivity index (χ2n) is 6.35. The number of rotatable bonds is 12. The number of aliphatic hydroxyl groups is 1. The maximum absolute atomic E-state index is 13.2. The number of ether oxygens (including phenoxy) is 3. The van der Waals surface area contributed by atoms with E-state index in [1.54, 1.807) is 0 Å². The van der Waals surface area contributed by atoms with Crippen LogP contribution >= 0.6 is 0 Å². The molecule has 0 aliphatic rings. The third-order valence-corrected chi connectivity index (χ3v) is 4.15. The molecule has 0 fully saturated rings. The lowest BCUT2D eigenvalue weighted by atomic mass is 10.1. The van der Waals surface area contributed by atoms with Crippen LogP contribution in [0, 0.1) is 11.6 Å². The zero-order valence-electron chi connectivity index (χ0n) is 15.9. The molecule has 3 atom stereocenters. The minimum atomic E-state index is -1.10. The van der Waals surface area contributed by atoms with Gasteiger partial charge in [0.15, 0.2) is 0 Å². The lowest BCUT2D eigenvalue weighted by Crippen LogP contribution is -2.35. The highest BCUT2D eigenvalue weighted by atomic mass is 19.1. The van der Waals surface area contributed by atoms with E-state index >= 15 is 0 Å². The molecule has 2 rings (SSSR count). The van der Waals surface area contributed by atoms with E-state index in [1.807, 2.05) is 30.3 Å². The first-order valence-corrected chi connectivity index (χ1v) is 8.97. The molecule has 0 radical (unpaired) electrons. The van der Waals surface area contributed by atoms with Gasteiger partial charge < -0.3 is 19.3 Å². The maximum Gasteiger partial charge on any atom is 0.129 e. The number of hydrogen-bond acceptors (Lipinski definition) is 5. The molecule has 0 saturated heterocycles. The van der Waals surface area contributed by atoms with Crippen LogP contribution < -0.4 is 4.74 Å². The molecule has 0 heterocycles. The molecule has 0 amide bonds. The van der Waals surface area contributed by atoms with Crippen molar-refractivity contribution >= 4 is 0 Å². The van der Waals surface area contributed by atoms with Crippen molar-refractivity contribution in [2.45, 2.75) is 31.3 Å². The highest BCUT2D eigenvalue weighted by Gasteiger charge is 2.23. The lowest BCUT2D eigenvalue weighted by molar-refractivity contribution is -0.0287. The summed E-state index contributed by atoms with van der Waals surface area (Å²) >= 11 is 0. The molecule has 2 aromatic carbocycles. The van der Waals surface area contributed by atoms with Crippen molar-refractivity contribution in [3.05, 3.63) is 76.2 Å². The van der Waals surface area contributed by atoms with Crippen LogP contribution in [0.2, 0.25) is 0 Å². The largest absolute Gasteiger partial charge is 0.493 e. The zero-order valence-corrected chi connectivity index (χ0v) is 15.9. The second-order valence-corrected chi connectivity index (χ2v) is 6.35. The molecule has 0 unspecified atom stereocenters. The fourth-order valence-electron chi connectivity index (χ4n) is 2.62. The topological polar surface area (TPSA) is 96.7 Å². The van der Waals surface area contributed by atoms with Crippen LogP contribution in [0.1, 0.15) is 12.0 Å². The molecule has 0 bridgehead atoms. The standard InChI is InChI=1S/C20H23F2N3O4/c1-27-18(12-28-11-14-5-3-2-4-6-14)10-20(26)19(24-25-23)13-29-17-8-15(21)7-16(22)9-17/h2-9,18-20,26H,10-13H2,1H3/t18-,19+,20+/m1/s1. The predicted octanol–water partition coefficient (Wildman–Crippen LogP) is 4.01. The Bertz CT molecular complexity index is 783. The van der Waals surface area contributed by atoms with Gasteiger partial charge >= 0.3 is 0 Å². The number of nitrogens with zero attached hydrogens (tertiary/aromatic N) is 3. The Morgan fingerprint density at radius 3 is 2.41 bits per heavy atom. The number of benzene rings is 2. The van der Waals surface area contributed by atoms with Crippen LogP contribution in [-0.4, -0.2) is 43.7 Å². The summed E-state index contributed by atoms with van der Waals surface area (Å²) in [5.41, 5.74) is 9.75. The van der Waals surface area contributed by atoms with Crippen molar-refractivity contribution in [2.24, 2.45) is 5.11 Å². The van der Waals surface area contributed by atoms with Gasteiger partial charge in [0, 0.05) is 36.6 Å². The number of methoxy groups -OCH3 is 1. The molecule has 156 valence electrons. The summed E-state index contributed by atoms with van der Waals surface area (Å²) in [5.74, 6) is -1.66. The van der Waals surface area contributed by atoms with Crippen molar-refractivity contribution in [2.75, 3.05) is 20.3 Å². The van der Waals surface area contributed by atoms with Gasteiger partial charge in [-0.05, 0) is 11.1 Å². The maximum atomic E-state index is 13.2. The fraction of sp³-hybridized carbons (Fsp3) is 0.400. The van der Waals surface area contributed by atoms with E-state index in [-0.39, 0.29) is 25.4 Å². The highest BCUT2D eigenvalue weighted by Crippen LogP contribution is 2.18. The van der Waals surface area contributed by atoms with Gasteiger partial charge in [-0.25, -0.2) is 8.78 Å². The van der Waals surface area contributed by atoms with Crippen molar-refractivity contribution in [1.82, 2.24) is 0 Å². The molecule has 7 nitrogen and oxygen atoms in total. The van der Waals surface area contributed by atoms with Gasteiger partial charge in [-0.15, -0.1) is 0 Å². The highest BCUT2D eigenvalue weighted by molar-refractivity contribution is 5.23. The Morgan fingerprint density at radius 1 is 1.10 bits per heavy atom. The predicted molar refractivity (Wildman–Crippen MR) is 102 cm³/mol. The van der Waals surface area contributed by atoms with E-state index in [0.717, 1.165) is 17.7 Å². The summed E-state index contributed by atoms with van der Waals surface area (Å²) in [4.78, 5) is 2.70. The first-order chi connectivity index (χ1) is 14.0. The average molecular weight is 407 g/mol. The van der Waals surface area contributed by atoms with E-state index in [0.29, 0.717) is 12.7 Å². The molecule has 9 heteroatoms. The molecule has 0 aliphatic carbocycles. The van der Waals surface area contributed by atoms with E-state index in [4.69, 9.17) is 19.7 Å². The Hall–Kier alpha value is -2.71. The smallest absolute Gasteiger partial charge is 0.129 e. The summed E-state index contributed by atoms with van der Waals surface area (Å²) in [6.07, 6.45) is -1.43. The molecule has 29 heavy (non-hydrogen) atoms. The van der Waals surface area contributed by atoms with Crippen LogP contribution in [0.5, 0.6) is 5.75 Å². The molecule has 0 saturated carbocycles. The lowest BCUT2D eigenvalue weighted by Gasteiger charge is -2.23. The SMILES string of the molecule is CO[C@@H](COCc1ccccc1)C[C@H](O)[C@H](COc1cc(F)cc(F)c1)N=[N+]=[N-]. The number of halogens is 2. The Balaban J connectivity index is 1.87. The van der Waals surface area contributed by atoms with Gasteiger partial charge in [-0.2, -0.15) is 0 Å². The third kappa shape index (κ3) is 8.05. The second kappa shape index (κ2) is 12.0. The van der Waals surface area contributed by atoms with Gasteiger partial charge in [-0.3, -0.25) is 0 Å². The molecule has 0 aliphatic heterocycles. The molecule has 2 aromatic rings. The van der Waals surface area contributed by atoms with Crippen LogP contribution in [0.3, 0.4) is 0 Å². The van der Waals surface area contributed by atoms with Crippen molar-refractivity contribution in [3.8, 4) is 5.75 Å². The Labute approximate surface area is 167 Å². The summed E-state index contributed by atoms with van der Waals surface area (Å²) in [6, 6.07) is 11.3. The van der Waals surface area contributed by atoms with Crippen molar-refractivity contribution in [1.29, 1.82) is 0 Å². The number of hydrogen-bond donors (Lipinski definition) is 1. The molecular formula is C20H23F2N3O4. The van der Waals surface area contributed by atoms with Gasteiger partial charge in [0.05, 0.1) is 38.1 Å². The van der Waals surface area contributed by atoms with Gasteiger partial charge in [0.25, 0.3) is 0 Å². The summed E-state index contributed by atoms with van der Waals surface area (Å²) in [7, 11) is 1.48. The van der Waals surface area contributed by atoms with E-state index < -0.39 is 29.9 Å². The minimum Gasteiger partial charge on any atom is -0.493 e. The van der Waals surface area contributed by atoms with Gasteiger partial charge in [0.2, 0.25) is 0 Å². The van der Waals surface area contributed by atoms with E-state index in [2.05, 4.69) is 10.0 Å². The van der Waals surface area contributed by atoms with E-state index in [9.17, 15) is 13.9 Å². The number of aliphatic hydroxyl groups excluding tert-OH is 1. The normalized spacial score (nSPS) is 13.9. The van der Waals surface area contributed by atoms with Crippen molar-refractivity contribution < 1.29 is 28.1 Å². The Morgan fingerprint density at radius 2 is 1.79 bits per heavy atom. The minimum absolute atomic E-state index is 0.0673. The molecule has 0 aromatic heterocycles. The molecule has 0 spiro atoms. The monoisotopic (exact) mass is 407 g/mol. The van der Waals surface area contributed by atoms with Crippen molar-refractivity contribution in [3.63, 3.8) is 0 Å². The molecule has 1 N–H and O–H groups in total.